The number of benzene rings is 1. The minimum Gasteiger partial charge on any atom is -0.493 e. The Morgan fingerprint density at radius 1 is 0.722 bits per heavy atom. The number of aromatic nitrogens is 3. The molecule has 26 heteroatoms. The Kier molecular flexibility index (Phi) is 19.0. The summed E-state index contributed by atoms with van der Waals surface area (Å²) in [5, 5.41) is 11.2. The van der Waals surface area contributed by atoms with Gasteiger partial charge in [0.05, 0.1) is 48.1 Å². The molecule has 0 unspecified atom stereocenters. The van der Waals surface area contributed by atoms with Crippen LogP contribution in [0.2, 0.25) is 0 Å². The number of methoxy groups -OCH3 is 1. The van der Waals surface area contributed by atoms with Gasteiger partial charge in [-0.05, 0) is 70.6 Å². The molecule has 7 rings (SSSR count). The lowest BCUT2D eigenvalue weighted by Gasteiger charge is -2.45. The van der Waals surface area contributed by atoms with Crippen LogP contribution in [-0.2, 0) is 61.8 Å². The van der Waals surface area contributed by atoms with E-state index in [9.17, 15) is 43.2 Å². The van der Waals surface area contributed by atoms with Crippen LogP contribution in [0.4, 0.5) is 22.7 Å². The molecule has 5 amide bonds. The summed E-state index contributed by atoms with van der Waals surface area (Å²) in [6, 6.07) is 7.35. The highest BCUT2D eigenvalue weighted by Gasteiger charge is 2.53. The topological polar surface area (TPSA) is 300 Å². The average molecular weight is 1100 g/mol. The third-order valence-electron chi connectivity index (χ3n) is 12.9. The summed E-state index contributed by atoms with van der Waals surface area (Å²) in [5.74, 6) is -5.16. The molecule has 3 aliphatic heterocycles. The summed E-state index contributed by atoms with van der Waals surface area (Å²) in [6.45, 7) is 5.68. The van der Waals surface area contributed by atoms with Crippen LogP contribution in [0.3, 0.4) is 0 Å². The van der Waals surface area contributed by atoms with Crippen molar-refractivity contribution in [1.29, 1.82) is 0 Å². The lowest BCUT2D eigenvalue weighted by Crippen LogP contribution is -2.60. The van der Waals surface area contributed by atoms with E-state index >= 15 is 0 Å². The number of esters is 4. The molecule has 26 nitrogen and oxygen atoms in total. The summed E-state index contributed by atoms with van der Waals surface area (Å²) < 4.78 is 44.4. The van der Waals surface area contributed by atoms with E-state index in [-0.39, 0.29) is 60.1 Å². The maximum absolute atomic E-state index is 14.6. The van der Waals surface area contributed by atoms with Gasteiger partial charge in [0.1, 0.15) is 29.8 Å². The van der Waals surface area contributed by atoms with E-state index in [1.165, 1.54) is 46.8 Å². The minimum absolute atomic E-state index is 0.0342. The van der Waals surface area contributed by atoms with E-state index in [0.717, 1.165) is 53.5 Å². The van der Waals surface area contributed by atoms with Crippen LogP contribution in [0.15, 0.2) is 53.9 Å². The molecule has 79 heavy (non-hydrogen) atoms. The number of amides is 5. The summed E-state index contributed by atoms with van der Waals surface area (Å²) in [6.07, 6.45) is 0.858. The van der Waals surface area contributed by atoms with E-state index < -0.39 is 78.8 Å². The first-order valence-corrected chi connectivity index (χ1v) is 25.5. The smallest absolute Gasteiger partial charge is 0.303 e. The molecule has 3 aromatic heterocycles. The number of aliphatic imine (C=N–C) groups is 1. The quantitative estimate of drug-likeness (QED) is 0.0495. The summed E-state index contributed by atoms with van der Waals surface area (Å²) in [5.41, 5.74) is 1.51. The van der Waals surface area contributed by atoms with Crippen LogP contribution in [0.25, 0.3) is 0 Å². The molecule has 424 valence electrons. The van der Waals surface area contributed by atoms with Crippen molar-refractivity contribution in [3.8, 4) is 11.5 Å². The summed E-state index contributed by atoms with van der Waals surface area (Å²) in [4.78, 5) is 127. The van der Waals surface area contributed by atoms with Crippen LogP contribution in [0.1, 0.15) is 108 Å². The van der Waals surface area contributed by atoms with Gasteiger partial charge in [-0.15, -0.1) is 0 Å². The third kappa shape index (κ3) is 14.5. The second-order valence-electron chi connectivity index (χ2n) is 19.4. The Morgan fingerprint density at radius 3 is 1.96 bits per heavy atom. The van der Waals surface area contributed by atoms with Gasteiger partial charge >= 0.3 is 23.9 Å². The van der Waals surface area contributed by atoms with Crippen molar-refractivity contribution in [3.63, 3.8) is 0 Å². The first kappa shape index (κ1) is 58.2. The SMILES string of the molecule is COc1cc2c(cc1OCCCC(=O)Nc1cc(C(=O)Nc3cc(C(=O)Nc4cc(C(=O)NCCCN(C)C)n(C)c4)n(C)c3)n([C@H]3O[C@H](COC(C)=O)[C@@H](OC(C)=O)[C@@H](OC(C)=O)[C@H]3OC(C)=O)c1)N=C[C@H]1CCCN1C2=O. The number of aryl methyl sites for hydroxylation is 2. The van der Waals surface area contributed by atoms with Crippen molar-refractivity contribution in [2.45, 2.75) is 96.5 Å². The van der Waals surface area contributed by atoms with Gasteiger partial charge in [0, 0.05) is 92.2 Å². The zero-order chi connectivity index (χ0) is 57.2. The number of ether oxygens (including phenoxy) is 7. The van der Waals surface area contributed by atoms with Crippen molar-refractivity contribution >= 4 is 82.4 Å². The van der Waals surface area contributed by atoms with E-state index in [2.05, 4.69) is 26.3 Å². The average Bonchev–Trinajstić information content (AvgIpc) is 4.21. The maximum Gasteiger partial charge on any atom is 0.303 e. The molecule has 0 bridgehead atoms. The molecule has 2 fully saturated rings. The number of fused-ring (bicyclic) bond motifs is 2. The second-order valence-corrected chi connectivity index (χ2v) is 19.4. The summed E-state index contributed by atoms with van der Waals surface area (Å²) in [7, 11) is 8.57. The fourth-order valence-corrected chi connectivity index (χ4v) is 9.42. The predicted octanol–water partition coefficient (Wildman–Crippen LogP) is 3.73. The minimum atomic E-state index is -1.65. The molecule has 0 radical (unpaired) electrons. The molecular weight excluding hydrogens is 1030 g/mol. The number of carbonyl (C=O) groups excluding carboxylic acids is 9. The van der Waals surface area contributed by atoms with Gasteiger partial charge in [0.25, 0.3) is 23.6 Å². The monoisotopic (exact) mass is 1100 g/mol. The largest absolute Gasteiger partial charge is 0.493 e. The molecule has 3 aliphatic rings. The number of nitrogens with one attached hydrogen (secondary N) is 4. The standard InChI is InChI=1S/C53H66N10O16/c1-29(64)75-28-44-46(76-30(2)65)47(77-31(3)66)48(78-32(4)67)53(79-44)63-27-35(56-45(68)14-11-18-74-43-23-38-37(22-42(43)73-9)52(72)62-17-10-13-36(62)24-55-38)21-41(63)51(71)58-34-20-40(61(8)26-34)50(70)57-33-19-39(60(7)25-33)49(69)54-15-12-16-59(5)6/h19-27,36,44,46-48,53H,10-18,28H2,1-9H3,(H,54,69)(H,56,68)(H,57,70)(H,58,71)/t36-,44-,46-,47-,48-,53+/m1/s1. The molecule has 2 saturated heterocycles. The van der Waals surface area contributed by atoms with Crippen molar-refractivity contribution in [2.75, 3.05) is 70.0 Å². The number of nitrogens with zero attached hydrogens (tertiary/aromatic N) is 6. The molecule has 6 heterocycles. The van der Waals surface area contributed by atoms with Gasteiger partial charge in [-0.3, -0.25) is 48.1 Å². The molecule has 0 spiro atoms. The van der Waals surface area contributed by atoms with Gasteiger partial charge in [-0.1, -0.05) is 0 Å². The fraction of sp³-hybridized carbons (Fsp3) is 0.472. The highest BCUT2D eigenvalue weighted by atomic mass is 16.7. The molecule has 0 aliphatic carbocycles. The molecule has 4 aromatic rings. The van der Waals surface area contributed by atoms with Gasteiger partial charge in [0.2, 0.25) is 5.91 Å². The van der Waals surface area contributed by atoms with Crippen LogP contribution >= 0.6 is 0 Å². The van der Waals surface area contributed by atoms with E-state index in [0.29, 0.717) is 47.2 Å². The maximum atomic E-state index is 14.6. The lowest BCUT2D eigenvalue weighted by molar-refractivity contribution is -0.268. The Bertz CT molecular complexity index is 3010. The molecule has 0 saturated carbocycles. The van der Waals surface area contributed by atoms with Crippen molar-refractivity contribution in [3.05, 3.63) is 71.6 Å². The normalized spacial score (nSPS) is 19.3. The highest BCUT2D eigenvalue weighted by Crippen LogP contribution is 2.39. The van der Waals surface area contributed by atoms with Gasteiger partial charge in [-0.25, -0.2) is 0 Å². The van der Waals surface area contributed by atoms with Gasteiger partial charge < -0.3 is 77.9 Å². The second kappa shape index (κ2) is 25.8. The molecular formula is C53H66N10O16. The molecule has 4 N–H and O–H groups in total. The van der Waals surface area contributed by atoms with E-state index in [1.807, 2.05) is 19.0 Å². The first-order valence-electron chi connectivity index (χ1n) is 25.5. The fourth-order valence-electron chi connectivity index (χ4n) is 9.42. The number of hydrogen-bond donors (Lipinski definition) is 4. The lowest BCUT2D eigenvalue weighted by atomic mass is 9.97. The zero-order valence-corrected chi connectivity index (χ0v) is 45.4. The number of carbonyl (C=O) groups is 9. The first-order chi connectivity index (χ1) is 37.6. The Labute approximate surface area is 454 Å². The number of anilines is 3. The van der Waals surface area contributed by atoms with Crippen LogP contribution in [0.5, 0.6) is 11.5 Å². The summed E-state index contributed by atoms with van der Waals surface area (Å²) >= 11 is 0. The van der Waals surface area contributed by atoms with Crippen LogP contribution < -0.4 is 30.7 Å². The van der Waals surface area contributed by atoms with Crippen molar-refractivity contribution in [2.24, 2.45) is 19.1 Å². The Morgan fingerprint density at radius 2 is 1.33 bits per heavy atom. The highest BCUT2D eigenvalue weighted by molar-refractivity contribution is 6.08. The third-order valence-corrected chi connectivity index (χ3v) is 12.9. The number of hydrogen-bond acceptors (Lipinski definition) is 18. The molecule has 1 aromatic carbocycles. The molecule has 6 atom stereocenters. The van der Waals surface area contributed by atoms with Gasteiger partial charge in [-0.2, -0.15) is 0 Å². The van der Waals surface area contributed by atoms with Crippen molar-refractivity contribution in [1.82, 2.24) is 28.8 Å². The van der Waals surface area contributed by atoms with Crippen LogP contribution in [-0.4, -0.2) is 168 Å². The Balaban J connectivity index is 1.13. The Hall–Kier alpha value is -8.52. The van der Waals surface area contributed by atoms with E-state index in [4.69, 9.17) is 33.2 Å². The van der Waals surface area contributed by atoms with E-state index in [1.54, 1.807) is 48.1 Å². The number of rotatable bonds is 22. The van der Waals surface area contributed by atoms with Gasteiger partial charge in [0.15, 0.2) is 36.0 Å². The van der Waals surface area contributed by atoms with Crippen LogP contribution in [0, 0.1) is 0 Å². The van der Waals surface area contributed by atoms with Crippen molar-refractivity contribution < 1.29 is 76.3 Å². The predicted molar refractivity (Wildman–Crippen MR) is 282 cm³/mol. The zero-order valence-electron chi connectivity index (χ0n) is 45.4.